The highest BCUT2D eigenvalue weighted by Crippen LogP contribution is 2.49. The minimum atomic E-state index is 1.12. The number of nitrogens with zero attached hydrogens (tertiary/aromatic N) is 2. The van der Waals surface area contributed by atoms with Crippen LogP contribution < -0.4 is 9.80 Å². The van der Waals surface area contributed by atoms with Gasteiger partial charge in [-0.25, -0.2) is 0 Å². The van der Waals surface area contributed by atoms with Crippen molar-refractivity contribution in [2.75, 3.05) is 36.0 Å². The van der Waals surface area contributed by atoms with Gasteiger partial charge >= 0.3 is 0 Å². The third kappa shape index (κ3) is 5.40. The quantitative estimate of drug-likeness (QED) is 0.168. The molecule has 8 aromatic rings. The summed E-state index contributed by atoms with van der Waals surface area (Å²) in [6, 6.07) is 55.3. The molecule has 2 heterocycles. The number of hydrogen-bond donors (Lipinski definition) is 0. The molecule has 0 aliphatic carbocycles. The Bertz CT molecular complexity index is 2600. The SMILES string of the molecule is c1ccc(-c2c3cc(N4CCCCC4)ccc3c(-c3cccc4ccccc34)c3cc(N4CCCCC4)ccc23)c(-c2ccc3ccccc3c2)c1. The van der Waals surface area contributed by atoms with E-state index in [2.05, 4.69) is 155 Å². The standard InChI is InChI=1S/C50H44N2/c1-9-28-51(29-10-1)39-25-27-46-47(33-39)49(43-20-8-7-19-42(43)38-23-22-35-14-3-4-16-37(35)32-38)45-26-24-40(52-30-11-2-12-31-52)34-48(45)50(46)44-21-13-17-36-15-5-6-18-41(36)44/h3-8,13-27,32-34H,1-2,9-12,28-31H2. The fourth-order valence-electron chi connectivity index (χ4n) is 9.24. The molecular weight excluding hydrogens is 629 g/mol. The molecule has 0 N–H and O–H groups in total. The zero-order chi connectivity index (χ0) is 34.4. The van der Waals surface area contributed by atoms with Crippen LogP contribution in [0.25, 0.3) is 76.5 Å². The van der Waals surface area contributed by atoms with Crippen molar-refractivity contribution in [3.05, 3.63) is 146 Å². The van der Waals surface area contributed by atoms with Gasteiger partial charge in [0.25, 0.3) is 0 Å². The number of piperidine rings is 2. The molecule has 8 aromatic carbocycles. The van der Waals surface area contributed by atoms with Gasteiger partial charge < -0.3 is 9.80 Å². The lowest BCUT2D eigenvalue weighted by Crippen LogP contribution is -2.29. The Kier molecular flexibility index (Phi) is 7.90. The van der Waals surface area contributed by atoms with Crippen molar-refractivity contribution < 1.29 is 0 Å². The van der Waals surface area contributed by atoms with E-state index in [1.54, 1.807) is 0 Å². The van der Waals surface area contributed by atoms with Gasteiger partial charge in [0, 0.05) is 37.6 Å². The molecule has 2 fully saturated rings. The topological polar surface area (TPSA) is 6.48 Å². The maximum Gasteiger partial charge on any atom is 0.0372 e. The van der Waals surface area contributed by atoms with E-state index in [1.165, 1.54) is 126 Å². The lowest BCUT2D eigenvalue weighted by molar-refractivity contribution is 0.578. The number of hydrogen-bond acceptors (Lipinski definition) is 2. The Balaban J connectivity index is 1.32. The summed E-state index contributed by atoms with van der Waals surface area (Å²) in [6.45, 7) is 4.49. The smallest absolute Gasteiger partial charge is 0.0372 e. The largest absolute Gasteiger partial charge is 0.372 e. The van der Waals surface area contributed by atoms with Crippen molar-refractivity contribution in [3.8, 4) is 33.4 Å². The van der Waals surface area contributed by atoms with Crippen LogP contribution in [0.15, 0.2) is 146 Å². The van der Waals surface area contributed by atoms with Crippen LogP contribution in [-0.4, -0.2) is 26.2 Å². The van der Waals surface area contributed by atoms with Crippen LogP contribution in [0.4, 0.5) is 11.4 Å². The predicted molar refractivity (Wildman–Crippen MR) is 225 cm³/mol. The van der Waals surface area contributed by atoms with E-state index >= 15 is 0 Å². The van der Waals surface area contributed by atoms with Gasteiger partial charge in [-0.2, -0.15) is 0 Å². The van der Waals surface area contributed by atoms with Crippen LogP contribution in [0, 0.1) is 0 Å². The van der Waals surface area contributed by atoms with Gasteiger partial charge in [0.2, 0.25) is 0 Å². The van der Waals surface area contributed by atoms with E-state index in [1.807, 2.05) is 0 Å². The number of benzene rings is 8. The predicted octanol–water partition coefficient (Wildman–Crippen LogP) is 13.3. The molecule has 2 nitrogen and oxygen atoms in total. The van der Waals surface area contributed by atoms with Crippen molar-refractivity contribution in [1.29, 1.82) is 0 Å². The van der Waals surface area contributed by atoms with Crippen LogP contribution >= 0.6 is 0 Å². The molecule has 254 valence electrons. The van der Waals surface area contributed by atoms with E-state index in [0.717, 1.165) is 26.2 Å². The second-order valence-corrected chi connectivity index (χ2v) is 14.9. The van der Waals surface area contributed by atoms with Crippen LogP contribution in [-0.2, 0) is 0 Å². The third-order valence-corrected chi connectivity index (χ3v) is 11.8. The van der Waals surface area contributed by atoms with Gasteiger partial charge in [0.1, 0.15) is 0 Å². The molecule has 52 heavy (non-hydrogen) atoms. The molecule has 10 rings (SSSR count). The summed E-state index contributed by atoms with van der Waals surface area (Å²) in [4.78, 5) is 5.23. The highest BCUT2D eigenvalue weighted by atomic mass is 15.1. The van der Waals surface area contributed by atoms with Crippen LogP contribution in [0.5, 0.6) is 0 Å². The van der Waals surface area contributed by atoms with Gasteiger partial charge in [-0.15, -0.1) is 0 Å². The first-order valence-corrected chi connectivity index (χ1v) is 19.4. The average molecular weight is 673 g/mol. The minimum absolute atomic E-state index is 1.12. The molecule has 0 unspecified atom stereocenters. The molecular formula is C50H44N2. The molecule has 0 atom stereocenters. The van der Waals surface area contributed by atoms with Crippen LogP contribution in [0.3, 0.4) is 0 Å². The fourth-order valence-corrected chi connectivity index (χ4v) is 9.24. The number of rotatable bonds is 5. The molecule has 0 saturated carbocycles. The summed E-state index contributed by atoms with van der Waals surface area (Å²) in [7, 11) is 0. The Morgan fingerprint density at radius 2 is 0.827 bits per heavy atom. The first kappa shape index (κ1) is 31.2. The third-order valence-electron chi connectivity index (χ3n) is 11.8. The molecule has 0 amide bonds. The second kappa shape index (κ2) is 13.2. The maximum absolute atomic E-state index is 2.61. The lowest BCUT2D eigenvalue weighted by atomic mass is 9.82. The normalized spacial score (nSPS) is 15.2. The summed E-state index contributed by atoms with van der Waals surface area (Å²) in [5.74, 6) is 0. The highest BCUT2D eigenvalue weighted by molar-refractivity contribution is 6.25. The zero-order valence-corrected chi connectivity index (χ0v) is 29.8. The van der Waals surface area contributed by atoms with Gasteiger partial charge in [0.15, 0.2) is 0 Å². The van der Waals surface area contributed by atoms with Gasteiger partial charge in [-0.05, 0) is 145 Å². The van der Waals surface area contributed by atoms with E-state index in [4.69, 9.17) is 0 Å². The van der Waals surface area contributed by atoms with Crippen molar-refractivity contribution in [2.24, 2.45) is 0 Å². The van der Waals surface area contributed by atoms with E-state index in [0.29, 0.717) is 0 Å². The Morgan fingerprint density at radius 3 is 1.50 bits per heavy atom. The fraction of sp³-hybridized carbons (Fsp3) is 0.200. The summed E-state index contributed by atoms with van der Waals surface area (Å²) in [5, 5.41) is 10.4. The molecule has 2 aliphatic rings. The molecule has 0 radical (unpaired) electrons. The molecule has 2 saturated heterocycles. The van der Waals surface area contributed by atoms with Crippen molar-refractivity contribution in [1.82, 2.24) is 0 Å². The highest BCUT2D eigenvalue weighted by Gasteiger charge is 2.23. The molecule has 0 bridgehead atoms. The van der Waals surface area contributed by atoms with Crippen LogP contribution in [0.1, 0.15) is 38.5 Å². The molecule has 2 heteroatoms. The van der Waals surface area contributed by atoms with Gasteiger partial charge in [-0.3, -0.25) is 0 Å². The Morgan fingerprint density at radius 1 is 0.308 bits per heavy atom. The maximum atomic E-state index is 2.61. The van der Waals surface area contributed by atoms with Crippen molar-refractivity contribution in [2.45, 2.75) is 38.5 Å². The first-order chi connectivity index (χ1) is 25.8. The van der Waals surface area contributed by atoms with Crippen LogP contribution in [0.2, 0.25) is 0 Å². The minimum Gasteiger partial charge on any atom is -0.372 e. The summed E-state index contributed by atoms with van der Waals surface area (Å²) in [5.41, 5.74) is 10.5. The average Bonchev–Trinajstić information content (AvgIpc) is 3.23. The molecule has 2 aliphatic heterocycles. The number of fused-ring (bicyclic) bond motifs is 4. The lowest BCUT2D eigenvalue weighted by Gasteiger charge is -2.31. The van der Waals surface area contributed by atoms with Gasteiger partial charge in [0.05, 0.1) is 0 Å². The Labute approximate surface area is 306 Å². The first-order valence-electron chi connectivity index (χ1n) is 19.4. The van der Waals surface area contributed by atoms with E-state index < -0.39 is 0 Å². The van der Waals surface area contributed by atoms with E-state index in [9.17, 15) is 0 Å². The number of anilines is 2. The van der Waals surface area contributed by atoms with Crippen molar-refractivity contribution in [3.63, 3.8) is 0 Å². The monoisotopic (exact) mass is 672 g/mol. The summed E-state index contributed by atoms with van der Waals surface area (Å²) >= 11 is 0. The zero-order valence-electron chi connectivity index (χ0n) is 29.8. The molecule has 0 aromatic heterocycles. The molecule has 0 spiro atoms. The Hall–Kier alpha value is -5.60. The summed E-state index contributed by atoms with van der Waals surface area (Å²) < 4.78 is 0. The van der Waals surface area contributed by atoms with Gasteiger partial charge in [-0.1, -0.05) is 115 Å². The van der Waals surface area contributed by atoms with Crippen molar-refractivity contribution >= 4 is 54.5 Å². The second-order valence-electron chi connectivity index (χ2n) is 14.9. The summed E-state index contributed by atoms with van der Waals surface area (Å²) in [6.07, 6.45) is 7.68. The van der Waals surface area contributed by atoms with E-state index in [-0.39, 0.29) is 0 Å².